The monoisotopic (exact) mass is 217 g/mol. The number of hydrogen-bond acceptors (Lipinski definition) is 3. The lowest BCUT2D eigenvalue weighted by atomic mass is 10.5. The molecule has 1 heterocycles. The number of carbonyl (C=O) groups excluding carboxylic acids is 1. The van der Waals surface area contributed by atoms with E-state index in [-0.39, 0.29) is 6.03 Å². The van der Waals surface area contributed by atoms with Crippen LogP contribution >= 0.6 is 11.8 Å². The minimum atomic E-state index is 0.167. The molecule has 0 bridgehead atoms. The van der Waals surface area contributed by atoms with Crippen molar-refractivity contribution in [2.45, 2.75) is 0 Å². The Bertz CT molecular complexity index is 183. The second-order valence-electron chi connectivity index (χ2n) is 3.41. The van der Waals surface area contributed by atoms with Crippen LogP contribution in [0.15, 0.2) is 0 Å². The van der Waals surface area contributed by atoms with Gasteiger partial charge in [0.25, 0.3) is 0 Å². The topological polar surface area (TPSA) is 35.6 Å². The van der Waals surface area contributed by atoms with Gasteiger partial charge >= 0.3 is 6.03 Å². The summed E-state index contributed by atoms with van der Waals surface area (Å²) in [5.74, 6) is 2.15. The lowest BCUT2D eigenvalue weighted by Crippen LogP contribution is -2.46. The molecule has 4 nitrogen and oxygen atoms in total. The Labute approximate surface area is 90.0 Å². The van der Waals surface area contributed by atoms with Gasteiger partial charge in [0.05, 0.1) is 0 Å². The summed E-state index contributed by atoms with van der Waals surface area (Å²) < 4.78 is 0. The Morgan fingerprint density at radius 1 is 1.50 bits per heavy atom. The predicted molar refractivity (Wildman–Crippen MR) is 60.9 cm³/mol. The lowest BCUT2D eigenvalue weighted by Gasteiger charge is -2.30. The number of amides is 2. The van der Waals surface area contributed by atoms with E-state index in [1.54, 1.807) is 4.90 Å². The molecule has 0 aromatic rings. The second-order valence-corrected chi connectivity index (χ2v) is 4.63. The Morgan fingerprint density at radius 2 is 2.14 bits per heavy atom. The molecule has 1 saturated heterocycles. The zero-order chi connectivity index (χ0) is 10.4. The molecule has 1 fully saturated rings. The van der Waals surface area contributed by atoms with Gasteiger partial charge in [-0.1, -0.05) is 0 Å². The summed E-state index contributed by atoms with van der Waals surface area (Å²) in [6.07, 6.45) is 0. The third-order valence-corrected chi connectivity index (χ3v) is 3.25. The molecule has 14 heavy (non-hydrogen) atoms. The number of thioether (sulfide) groups is 1. The molecule has 1 aliphatic rings. The molecule has 0 aromatic heterocycles. The number of likely N-dealkylation sites (N-methyl/N-ethyl adjacent to an activating group) is 2. The summed E-state index contributed by atoms with van der Waals surface area (Å²) in [5.41, 5.74) is 0. The van der Waals surface area contributed by atoms with Crippen LogP contribution < -0.4 is 5.32 Å². The maximum absolute atomic E-state index is 11.8. The number of nitrogens with one attached hydrogen (secondary N) is 1. The van der Waals surface area contributed by atoms with E-state index < -0.39 is 0 Å². The van der Waals surface area contributed by atoms with E-state index in [4.69, 9.17) is 0 Å². The first-order valence-electron chi connectivity index (χ1n) is 4.98. The van der Waals surface area contributed by atoms with E-state index in [0.29, 0.717) is 0 Å². The normalized spacial score (nSPS) is 16.9. The van der Waals surface area contributed by atoms with Crippen molar-refractivity contribution in [3.63, 3.8) is 0 Å². The molecular weight excluding hydrogens is 198 g/mol. The molecule has 82 valence electrons. The molecule has 0 atom stereocenters. The first-order valence-corrected chi connectivity index (χ1v) is 6.13. The highest BCUT2D eigenvalue weighted by Gasteiger charge is 2.19. The van der Waals surface area contributed by atoms with Gasteiger partial charge in [0.1, 0.15) is 0 Å². The van der Waals surface area contributed by atoms with E-state index in [9.17, 15) is 4.79 Å². The fraction of sp³-hybridized carbons (Fsp3) is 0.889. The van der Waals surface area contributed by atoms with Crippen LogP contribution in [0.4, 0.5) is 4.79 Å². The highest BCUT2D eigenvalue weighted by Crippen LogP contribution is 2.10. The first kappa shape index (κ1) is 11.7. The fourth-order valence-corrected chi connectivity index (χ4v) is 2.27. The van der Waals surface area contributed by atoms with Gasteiger partial charge in [0, 0.05) is 44.7 Å². The molecule has 0 saturated carbocycles. The summed E-state index contributed by atoms with van der Waals surface area (Å²) in [6, 6.07) is 0.167. The third kappa shape index (κ3) is 3.38. The van der Waals surface area contributed by atoms with E-state index in [0.717, 1.165) is 37.7 Å². The van der Waals surface area contributed by atoms with E-state index in [1.165, 1.54) is 0 Å². The number of carbonyl (C=O) groups is 1. The van der Waals surface area contributed by atoms with Crippen LogP contribution in [0.3, 0.4) is 0 Å². The van der Waals surface area contributed by atoms with Crippen molar-refractivity contribution in [3.8, 4) is 0 Å². The van der Waals surface area contributed by atoms with Crippen molar-refractivity contribution in [3.05, 3.63) is 0 Å². The first-order chi connectivity index (χ1) is 6.75. The molecule has 0 aliphatic carbocycles. The van der Waals surface area contributed by atoms with Crippen molar-refractivity contribution in [2.75, 3.05) is 51.8 Å². The Hall–Kier alpha value is -0.420. The van der Waals surface area contributed by atoms with Crippen LogP contribution in [-0.2, 0) is 0 Å². The van der Waals surface area contributed by atoms with Gasteiger partial charge in [-0.15, -0.1) is 0 Å². The number of rotatable bonds is 3. The zero-order valence-corrected chi connectivity index (χ0v) is 9.77. The van der Waals surface area contributed by atoms with Gasteiger partial charge < -0.3 is 15.1 Å². The van der Waals surface area contributed by atoms with Gasteiger partial charge in [-0.3, -0.25) is 0 Å². The number of urea groups is 1. The van der Waals surface area contributed by atoms with Crippen LogP contribution in [0.5, 0.6) is 0 Å². The summed E-state index contributed by atoms with van der Waals surface area (Å²) in [5, 5.41) is 3.04. The predicted octanol–water partition coefficient (Wildman–Crippen LogP) is 0.306. The average Bonchev–Trinajstić information content (AvgIpc) is 2.26. The van der Waals surface area contributed by atoms with Gasteiger partial charge in [-0.05, 0) is 7.05 Å². The van der Waals surface area contributed by atoms with Crippen molar-refractivity contribution in [2.24, 2.45) is 0 Å². The summed E-state index contributed by atoms with van der Waals surface area (Å²) in [7, 11) is 3.76. The lowest BCUT2D eigenvalue weighted by molar-refractivity contribution is 0.168. The average molecular weight is 217 g/mol. The summed E-state index contributed by atoms with van der Waals surface area (Å²) >= 11 is 1.92. The minimum absolute atomic E-state index is 0.167. The second kappa shape index (κ2) is 6.14. The standard InChI is InChI=1S/C9H19N3OS/c1-10-3-4-11(2)9(13)12-5-7-14-8-6-12/h10H,3-8H2,1-2H3. The third-order valence-electron chi connectivity index (χ3n) is 2.31. The summed E-state index contributed by atoms with van der Waals surface area (Å²) in [6.45, 7) is 3.42. The molecular formula is C9H19N3OS. The van der Waals surface area contributed by atoms with Crippen molar-refractivity contribution < 1.29 is 4.79 Å². The summed E-state index contributed by atoms with van der Waals surface area (Å²) in [4.78, 5) is 15.5. The maximum atomic E-state index is 11.8. The number of nitrogens with zero attached hydrogens (tertiary/aromatic N) is 2. The van der Waals surface area contributed by atoms with Crippen LogP contribution in [-0.4, -0.2) is 67.6 Å². The van der Waals surface area contributed by atoms with Crippen LogP contribution in [0.25, 0.3) is 0 Å². The van der Waals surface area contributed by atoms with Crippen molar-refractivity contribution in [1.29, 1.82) is 0 Å². The van der Waals surface area contributed by atoms with Gasteiger partial charge in [0.2, 0.25) is 0 Å². The molecule has 0 unspecified atom stereocenters. The van der Waals surface area contributed by atoms with Gasteiger partial charge in [0.15, 0.2) is 0 Å². The Balaban J connectivity index is 2.30. The minimum Gasteiger partial charge on any atom is -0.326 e. The Morgan fingerprint density at radius 3 is 2.71 bits per heavy atom. The van der Waals surface area contributed by atoms with Crippen molar-refractivity contribution >= 4 is 17.8 Å². The molecule has 5 heteroatoms. The molecule has 1 N–H and O–H groups in total. The zero-order valence-electron chi connectivity index (χ0n) is 8.95. The number of hydrogen-bond donors (Lipinski definition) is 1. The van der Waals surface area contributed by atoms with Crippen LogP contribution in [0, 0.1) is 0 Å². The van der Waals surface area contributed by atoms with Gasteiger partial charge in [-0.2, -0.15) is 11.8 Å². The highest BCUT2D eigenvalue weighted by atomic mass is 32.2. The van der Waals surface area contributed by atoms with E-state index >= 15 is 0 Å². The molecule has 1 rings (SSSR count). The quantitative estimate of drug-likeness (QED) is 0.739. The smallest absolute Gasteiger partial charge is 0.319 e. The van der Waals surface area contributed by atoms with Gasteiger partial charge in [-0.25, -0.2) is 4.79 Å². The largest absolute Gasteiger partial charge is 0.326 e. The molecule has 0 radical (unpaired) electrons. The van der Waals surface area contributed by atoms with Crippen LogP contribution in [0.2, 0.25) is 0 Å². The van der Waals surface area contributed by atoms with Crippen molar-refractivity contribution in [1.82, 2.24) is 15.1 Å². The molecule has 2 amide bonds. The highest BCUT2D eigenvalue weighted by molar-refractivity contribution is 7.99. The maximum Gasteiger partial charge on any atom is 0.319 e. The fourth-order valence-electron chi connectivity index (χ4n) is 1.37. The molecule has 0 aromatic carbocycles. The SMILES string of the molecule is CNCCN(C)C(=O)N1CCSCC1. The van der Waals surface area contributed by atoms with Crippen LogP contribution in [0.1, 0.15) is 0 Å². The molecule has 0 spiro atoms. The van der Waals surface area contributed by atoms with E-state index in [1.807, 2.05) is 30.8 Å². The van der Waals surface area contributed by atoms with E-state index in [2.05, 4.69) is 5.32 Å². The molecule has 1 aliphatic heterocycles. The Kier molecular flexibility index (Phi) is 5.11.